The number of methoxy groups -OCH3 is 1. The lowest BCUT2D eigenvalue weighted by atomic mass is 10.0. The summed E-state index contributed by atoms with van der Waals surface area (Å²) in [6.07, 6.45) is 0.0597. The molecule has 1 N–H and O–H groups in total. The number of halogens is 1. The number of nitrogens with one attached hydrogen (secondary N) is 1. The van der Waals surface area contributed by atoms with Crippen LogP contribution in [-0.2, 0) is 21.1 Å². The quantitative estimate of drug-likeness (QED) is 0.282. The lowest BCUT2D eigenvalue weighted by Crippen LogP contribution is -2.14. The zero-order valence-corrected chi connectivity index (χ0v) is 21.2. The Morgan fingerprint density at radius 1 is 0.892 bits per heavy atom. The van der Waals surface area contributed by atoms with E-state index in [1.165, 1.54) is 24.3 Å². The molecule has 0 saturated heterocycles. The van der Waals surface area contributed by atoms with Gasteiger partial charge in [0, 0.05) is 23.4 Å². The van der Waals surface area contributed by atoms with E-state index in [0.717, 1.165) is 0 Å². The van der Waals surface area contributed by atoms with Crippen LogP contribution in [0.15, 0.2) is 95.9 Å². The summed E-state index contributed by atoms with van der Waals surface area (Å²) in [5, 5.41) is 2.85. The number of anilines is 1. The minimum atomic E-state index is -3.30. The molecule has 4 rings (SSSR count). The van der Waals surface area contributed by atoms with Crippen molar-refractivity contribution in [1.29, 1.82) is 0 Å². The molecule has 6 nitrogen and oxygen atoms in total. The SMILES string of the molecule is CCS(=O)(=O)c1ccc(CC(=O)Nc2ccc(-c3cccc(F)c3)c(Oc3cccc(OC)c3)c2)cc1. The van der Waals surface area contributed by atoms with Gasteiger partial charge in [0.2, 0.25) is 5.91 Å². The number of hydrogen-bond acceptors (Lipinski definition) is 5. The highest BCUT2D eigenvalue weighted by Crippen LogP contribution is 2.36. The summed E-state index contributed by atoms with van der Waals surface area (Å²) < 4.78 is 49.3. The van der Waals surface area contributed by atoms with Crippen molar-refractivity contribution < 1.29 is 27.1 Å². The average molecular weight is 520 g/mol. The number of amides is 1. The molecular formula is C29H26FNO5S. The molecule has 0 radical (unpaired) electrons. The molecule has 0 atom stereocenters. The van der Waals surface area contributed by atoms with Crippen LogP contribution in [0, 0.1) is 5.82 Å². The molecule has 0 unspecified atom stereocenters. The Hall–Kier alpha value is -4.17. The fourth-order valence-corrected chi connectivity index (χ4v) is 4.63. The number of carbonyl (C=O) groups excluding carboxylic acids is 1. The largest absolute Gasteiger partial charge is 0.497 e. The molecule has 190 valence electrons. The summed E-state index contributed by atoms with van der Waals surface area (Å²) in [4.78, 5) is 13.0. The Kier molecular flexibility index (Phi) is 7.89. The fourth-order valence-electron chi connectivity index (χ4n) is 3.74. The van der Waals surface area contributed by atoms with Gasteiger partial charge in [0.05, 0.1) is 24.2 Å². The van der Waals surface area contributed by atoms with E-state index >= 15 is 0 Å². The maximum absolute atomic E-state index is 13.9. The average Bonchev–Trinajstić information content (AvgIpc) is 2.89. The maximum Gasteiger partial charge on any atom is 0.228 e. The van der Waals surface area contributed by atoms with E-state index < -0.39 is 9.84 Å². The van der Waals surface area contributed by atoms with Gasteiger partial charge in [0.1, 0.15) is 23.1 Å². The van der Waals surface area contributed by atoms with Gasteiger partial charge in [-0.25, -0.2) is 12.8 Å². The number of benzene rings is 4. The lowest BCUT2D eigenvalue weighted by Gasteiger charge is -2.15. The highest BCUT2D eigenvalue weighted by molar-refractivity contribution is 7.91. The Balaban J connectivity index is 1.58. The first-order chi connectivity index (χ1) is 17.8. The smallest absolute Gasteiger partial charge is 0.228 e. The molecule has 8 heteroatoms. The number of carbonyl (C=O) groups is 1. The molecule has 0 bridgehead atoms. The number of rotatable bonds is 9. The number of ether oxygens (including phenoxy) is 2. The minimum absolute atomic E-state index is 0.0125. The van der Waals surface area contributed by atoms with Gasteiger partial charge >= 0.3 is 0 Å². The summed E-state index contributed by atoms with van der Waals surface area (Å²) in [5.74, 6) is 0.913. The van der Waals surface area contributed by atoms with Crippen LogP contribution < -0.4 is 14.8 Å². The molecule has 0 aliphatic heterocycles. The normalized spacial score (nSPS) is 11.1. The van der Waals surface area contributed by atoms with E-state index in [-0.39, 0.29) is 28.8 Å². The zero-order valence-electron chi connectivity index (χ0n) is 20.4. The summed E-state index contributed by atoms with van der Waals surface area (Å²) in [6.45, 7) is 1.59. The Morgan fingerprint density at radius 3 is 2.32 bits per heavy atom. The molecular weight excluding hydrogens is 493 g/mol. The van der Waals surface area contributed by atoms with Crippen LogP contribution in [0.5, 0.6) is 17.2 Å². The molecule has 4 aromatic carbocycles. The summed E-state index contributed by atoms with van der Waals surface area (Å²) in [7, 11) is -1.74. The second kappa shape index (κ2) is 11.3. The van der Waals surface area contributed by atoms with Crippen molar-refractivity contribution >= 4 is 21.4 Å². The van der Waals surface area contributed by atoms with E-state index in [1.54, 1.807) is 80.8 Å². The van der Waals surface area contributed by atoms with Crippen molar-refractivity contribution in [1.82, 2.24) is 0 Å². The van der Waals surface area contributed by atoms with E-state index in [4.69, 9.17) is 9.47 Å². The Morgan fingerprint density at radius 2 is 1.62 bits per heavy atom. The van der Waals surface area contributed by atoms with Crippen molar-refractivity contribution in [3.05, 3.63) is 102 Å². The van der Waals surface area contributed by atoms with Crippen molar-refractivity contribution in [2.45, 2.75) is 18.2 Å². The Labute approximate surface area is 215 Å². The molecule has 0 heterocycles. The van der Waals surface area contributed by atoms with Gasteiger partial charge in [-0.2, -0.15) is 0 Å². The second-order valence-corrected chi connectivity index (χ2v) is 10.6. The van der Waals surface area contributed by atoms with Gasteiger partial charge in [-0.05, 0) is 59.7 Å². The monoisotopic (exact) mass is 519 g/mol. The minimum Gasteiger partial charge on any atom is -0.497 e. The molecule has 0 aliphatic rings. The van der Waals surface area contributed by atoms with Gasteiger partial charge in [-0.1, -0.05) is 37.3 Å². The Bertz CT molecular complexity index is 1520. The maximum atomic E-state index is 13.9. The van der Waals surface area contributed by atoms with Crippen molar-refractivity contribution in [2.75, 3.05) is 18.2 Å². The predicted octanol–water partition coefficient (Wildman–Crippen LogP) is 6.27. The van der Waals surface area contributed by atoms with Gasteiger partial charge in [-0.15, -0.1) is 0 Å². The number of hydrogen-bond donors (Lipinski definition) is 1. The van der Waals surface area contributed by atoms with Crippen LogP contribution in [0.1, 0.15) is 12.5 Å². The molecule has 1 amide bonds. The van der Waals surface area contributed by atoms with Crippen LogP contribution in [0.4, 0.5) is 10.1 Å². The predicted molar refractivity (Wildman–Crippen MR) is 141 cm³/mol. The molecule has 4 aromatic rings. The van der Waals surface area contributed by atoms with Crippen molar-refractivity contribution in [3.8, 4) is 28.4 Å². The molecule has 0 aromatic heterocycles. The lowest BCUT2D eigenvalue weighted by molar-refractivity contribution is -0.115. The van der Waals surface area contributed by atoms with Gasteiger partial charge in [0.25, 0.3) is 0 Å². The van der Waals surface area contributed by atoms with Crippen LogP contribution in [0.2, 0.25) is 0 Å². The molecule has 37 heavy (non-hydrogen) atoms. The van der Waals surface area contributed by atoms with Gasteiger partial charge in [-0.3, -0.25) is 4.79 Å². The first kappa shape index (κ1) is 25.9. The highest BCUT2D eigenvalue weighted by Gasteiger charge is 2.14. The second-order valence-electron chi connectivity index (χ2n) is 8.27. The standard InChI is InChI=1S/C29H26FNO5S/c1-3-37(33,34)26-13-10-20(11-14-26)16-29(32)31-23-12-15-27(21-6-4-7-22(30)17-21)28(18-23)36-25-9-5-8-24(19-25)35-2/h4-15,17-19H,3,16H2,1-2H3,(H,31,32). The fraction of sp³-hybridized carbons (Fsp3) is 0.138. The van der Waals surface area contributed by atoms with Crippen LogP contribution >= 0.6 is 0 Å². The summed E-state index contributed by atoms with van der Waals surface area (Å²) >= 11 is 0. The van der Waals surface area contributed by atoms with Crippen molar-refractivity contribution in [3.63, 3.8) is 0 Å². The van der Waals surface area contributed by atoms with Gasteiger partial charge < -0.3 is 14.8 Å². The zero-order chi connectivity index (χ0) is 26.4. The molecule has 0 fully saturated rings. The van der Waals surface area contributed by atoms with E-state index in [1.807, 2.05) is 0 Å². The number of sulfone groups is 1. The summed E-state index contributed by atoms with van der Waals surface area (Å²) in [6, 6.07) is 24.7. The van der Waals surface area contributed by atoms with Crippen LogP contribution in [-0.4, -0.2) is 27.2 Å². The molecule has 0 aliphatic carbocycles. The first-order valence-electron chi connectivity index (χ1n) is 11.6. The molecule has 0 saturated carbocycles. The van der Waals surface area contributed by atoms with E-state index in [9.17, 15) is 17.6 Å². The van der Waals surface area contributed by atoms with E-state index in [0.29, 0.717) is 39.6 Å². The van der Waals surface area contributed by atoms with Crippen molar-refractivity contribution in [2.24, 2.45) is 0 Å². The molecule has 0 spiro atoms. The van der Waals surface area contributed by atoms with Crippen LogP contribution in [0.25, 0.3) is 11.1 Å². The third-order valence-corrected chi connectivity index (χ3v) is 7.45. The first-order valence-corrected chi connectivity index (χ1v) is 13.3. The van der Waals surface area contributed by atoms with Crippen LogP contribution in [0.3, 0.4) is 0 Å². The highest BCUT2D eigenvalue weighted by atomic mass is 32.2. The topological polar surface area (TPSA) is 81.7 Å². The summed E-state index contributed by atoms with van der Waals surface area (Å²) in [5.41, 5.74) is 2.44. The van der Waals surface area contributed by atoms with Gasteiger partial charge in [0.15, 0.2) is 9.84 Å². The third kappa shape index (κ3) is 6.54. The van der Waals surface area contributed by atoms with E-state index in [2.05, 4.69) is 5.32 Å². The third-order valence-electron chi connectivity index (χ3n) is 5.70.